The van der Waals surface area contributed by atoms with Gasteiger partial charge in [-0.3, -0.25) is 4.90 Å². The van der Waals surface area contributed by atoms with Crippen molar-refractivity contribution in [3.63, 3.8) is 0 Å². The third kappa shape index (κ3) is 5.12. The molecule has 1 amide bonds. The molecule has 4 aromatic rings. The molecule has 5 rings (SSSR count). The molecule has 1 N–H and O–H groups in total. The molecule has 1 aliphatic rings. The first-order valence-corrected chi connectivity index (χ1v) is 13.5. The number of ether oxygens (including phenoxy) is 2. The van der Waals surface area contributed by atoms with Crippen molar-refractivity contribution < 1.29 is 24.2 Å². The van der Waals surface area contributed by atoms with E-state index >= 15 is 0 Å². The predicted molar refractivity (Wildman–Crippen MR) is 156 cm³/mol. The number of nitrogens with zero attached hydrogens (tertiary/aromatic N) is 1. The van der Waals surface area contributed by atoms with Crippen LogP contribution in [-0.2, 0) is 20.7 Å². The molecule has 0 unspecified atom stereocenters. The number of halogens is 2. The standard InChI is InChI=1S/C32H27Cl2NO5/c1-19-26(33)17-27(30(36)29(19)34)35(28(31(37)39-2)16-20-10-4-3-5-11-20)32(38)40-18-25-23-14-8-6-12-21(23)22-13-7-9-15-24(22)25/h3-15,17,25,28,36H,16,18H2,1-2H3/t28-/m1/s1. The van der Waals surface area contributed by atoms with Gasteiger partial charge in [0.2, 0.25) is 0 Å². The number of carbonyl (C=O) groups excluding carboxylic acids is 2. The summed E-state index contributed by atoms with van der Waals surface area (Å²) in [5, 5.41) is 11.2. The number of amides is 1. The summed E-state index contributed by atoms with van der Waals surface area (Å²) in [5.41, 5.74) is 5.42. The van der Waals surface area contributed by atoms with E-state index in [2.05, 4.69) is 0 Å². The highest BCUT2D eigenvalue weighted by Crippen LogP contribution is 2.45. The molecular weight excluding hydrogens is 549 g/mol. The number of fused-ring (bicyclic) bond motifs is 3. The van der Waals surface area contributed by atoms with Gasteiger partial charge in [-0.1, -0.05) is 102 Å². The number of methoxy groups -OCH3 is 1. The topological polar surface area (TPSA) is 76.1 Å². The first-order chi connectivity index (χ1) is 19.3. The third-order valence-electron chi connectivity index (χ3n) is 7.25. The number of hydrogen-bond donors (Lipinski definition) is 1. The first-order valence-electron chi connectivity index (χ1n) is 12.7. The molecule has 0 bridgehead atoms. The van der Waals surface area contributed by atoms with Crippen molar-refractivity contribution in [2.24, 2.45) is 0 Å². The van der Waals surface area contributed by atoms with Gasteiger partial charge in [-0.2, -0.15) is 0 Å². The monoisotopic (exact) mass is 575 g/mol. The lowest BCUT2D eigenvalue weighted by atomic mass is 9.98. The quantitative estimate of drug-likeness (QED) is 0.230. The lowest BCUT2D eigenvalue weighted by molar-refractivity contribution is -0.142. The van der Waals surface area contributed by atoms with Crippen molar-refractivity contribution in [1.29, 1.82) is 0 Å². The highest BCUT2D eigenvalue weighted by Gasteiger charge is 2.37. The Morgan fingerprint density at radius 2 is 1.50 bits per heavy atom. The van der Waals surface area contributed by atoms with Gasteiger partial charge < -0.3 is 14.6 Å². The molecule has 40 heavy (non-hydrogen) atoms. The van der Waals surface area contributed by atoms with Gasteiger partial charge in [0, 0.05) is 17.4 Å². The van der Waals surface area contributed by atoms with Gasteiger partial charge in [0.1, 0.15) is 12.6 Å². The molecule has 6 nitrogen and oxygen atoms in total. The highest BCUT2D eigenvalue weighted by atomic mass is 35.5. The maximum atomic E-state index is 13.9. The van der Waals surface area contributed by atoms with E-state index in [1.807, 2.05) is 78.9 Å². The largest absolute Gasteiger partial charge is 0.504 e. The molecule has 4 aromatic carbocycles. The van der Waals surface area contributed by atoms with E-state index in [4.69, 9.17) is 32.7 Å². The zero-order chi connectivity index (χ0) is 28.4. The number of benzene rings is 4. The normalized spacial score (nSPS) is 12.8. The summed E-state index contributed by atoms with van der Waals surface area (Å²) < 4.78 is 11.0. The van der Waals surface area contributed by atoms with Gasteiger partial charge in [0.05, 0.1) is 17.8 Å². The molecule has 0 spiro atoms. The summed E-state index contributed by atoms with van der Waals surface area (Å²) in [6.07, 6.45) is -0.750. The molecule has 0 radical (unpaired) electrons. The van der Waals surface area contributed by atoms with Gasteiger partial charge in [-0.15, -0.1) is 0 Å². The maximum Gasteiger partial charge on any atom is 0.415 e. The molecule has 204 valence electrons. The molecule has 0 aromatic heterocycles. The highest BCUT2D eigenvalue weighted by molar-refractivity contribution is 6.37. The molecule has 0 aliphatic heterocycles. The molecule has 0 heterocycles. The van der Waals surface area contributed by atoms with Crippen molar-refractivity contribution in [1.82, 2.24) is 0 Å². The van der Waals surface area contributed by atoms with E-state index in [1.165, 1.54) is 13.2 Å². The van der Waals surface area contributed by atoms with Crippen LogP contribution in [0.15, 0.2) is 84.9 Å². The van der Waals surface area contributed by atoms with Crippen molar-refractivity contribution >= 4 is 41.0 Å². The van der Waals surface area contributed by atoms with E-state index in [1.54, 1.807) is 6.92 Å². The Kier molecular flexibility index (Phi) is 8.01. The summed E-state index contributed by atoms with van der Waals surface area (Å²) in [4.78, 5) is 28.2. The van der Waals surface area contributed by atoms with Crippen LogP contribution in [0.5, 0.6) is 5.75 Å². The second-order valence-electron chi connectivity index (χ2n) is 9.57. The second-order valence-corrected chi connectivity index (χ2v) is 10.4. The number of esters is 1. The van der Waals surface area contributed by atoms with Crippen LogP contribution in [0, 0.1) is 6.92 Å². The molecule has 0 saturated carbocycles. The van der Waals surface area contributed by atoms with E-state index in [0.29, 0.717) is 5.56 Å². The second kappa shape index (κ2) is 11.6. The Labute approximate surface area is 242 Å². The first kappa shape index (κ1) is 27.6. The lowest BCUT2D eigenvalue weighted by Crippen LogP contribution is -2.48. The average Bonchev–Trinajstić information content (AvgIpc) is 3.30. The van der Waals surface area contributed by atoms with Crippen LogP contribution in [0.4, 0.5) is 10.5 Å². The minimum absolute atomic E-state index is 0.0106. The van der Waals surface area contributed by atoms with Gasteiger partial charge in [-0.25, -0.2) is 9.59 Å². The summed E-state index contributed by atoms with van der Waals surface area (Å²) in [7, 11) is 1.24. The number of rotatable bonds is 7. The van der Waals surface area contributed by atoms with Gasteiger partial charge in [0.15, 0.2) is 5.75 Å². The molecule has 1 atom stereocenters. The van der Waals surface area contributed by atoms with Gasteiger partial charge in [-0.05, 0) is 46.4 Å². The fourth-order valence-corrected chi connectivity index (χ4v) is 5.63. The SMILES string of the molecule is COC(=O)[C@@H](Cc1ccccc1)N(C(=O)OCC1c2ccccc2-c2ccccc21)c1cc(Cl)c(C)c(Cl)c1O. The minimum Gasteiger partial charge on any atom is -0.504 e. The molecule has 0 saturated heterocycles. The van der Waals surface area contributed by atoms with Crippen molar-refractivity contribution in [2.75, 3.05) is 18.6 Å². The third-order valence-corrected chi connectivity index (χ3v) is 8.11. The van der Waals surface area contributed by atoms with Crippen LogP contribution in [0.2, 0.25) is 10.0 Å². The number of hydrogen-bond acceptors (Lipinski definition) is 5. The predicted octanol–water partition coefficient (Wildman–Crippen LogP) is 7.55. The van der Waals surface area contributed by atoms with E-state index in [-0.39, 0.29) is 40.4 Å². The maximum absolute atomic E-state index is 13.9. The number of phenols is 1. The number of carbonyl (C=O) groups is 2. The van der Waals surface area contributed by atoms with Crippen LogP contribution < -0.4 is 4.90 Å². The van der Waals surface area contributed by atoms with Crippen molar-refractivity contribution in [2.45, 2.75) is 25.3 Å². The Balaban J connectivity index is 1.54. The summed E-state index contributed by atoms with van der Waals surface area (Å²) in [6.45, 7) is 1.66. The molecule has 1 aliphatic carbocycles. The summed E-state index contributed by atoms with van der Waals surface area (Å²) in [5.74, 6) is -1.29. The zero-order valence-corrected chi connectivity index (χ0v) is 23.4. The van der Waals surface area contributed by atoms with Crippen LogP contribution in [0.1, 0.15) is 28.2 Å². The average molecular weight is 576 g/mol. The molecule has 8 heteroatoms. The summed E-state index contributed by atoms with van der Waals surface area (Å²) >= 11 is 12.8. The fraction of sp³-hybridized carbons (Fsp3) is 0.188. The smallest absolute Gasteiger partial charge is 0.415 e. The minimum atomic E-state index is -1.18. The number of anilines is 1. The lowest BCUT2D eigenvalue weighted by Gasteiger charge is -2.31. The van der Waals surface area contributed by atoms with Crippen LogP contribution in [0.3, 0.4) is 0 Å². The Morgan fingerprint density at radius 3 is 2.10 bits per heavy atom. The van der Waals surface area contributed by atoms with Crippen LogP contribution in [0.25, 0.3) is 11.1 Å². The van der Waals surface area contributed by atoms with E-state index in [0.717, 1.165) is 32.7 Å². The number of phenolic OH excluding ortho intramolecular Hbond substituents is 1. The van der Waals surface area contributed by atoms with Crippen molar-refractivity contribution in [3.8, 4) is 16.9 Å². The fourth-order valence-electron chi connectivity index (χ4n) is 5.19. The van der Waals surface area contributed by atoms with Crippen LogP contribution >= 0.6 is 23.2 Å². The summed E-state index contributed by atoms with van der Waals surface area (Å²) in [6, 6.07) is 25.4. The van der Waals surface area contributed by atoms with Crippen LogP contribution in [-0.4, -0.2) is 36.9 Å². The Hall–Kier alpha value is -4.00. The zero-order valence-electron chi connectivity index (χ0n) is 21.9. The molecular formula is C32H27Cl2NO5. The van der Waals surface area contributed by atoms with Gasteiger partial charge >= 0.3 is 12.1 Å². The van der Waals surface area contributed by atoms with Crippen molar-refractivity contribution in [3.05, 3.63) is 117 Å². The Morgan fingerprint density at radius 1 is 0.925 bits per heavy atom. The number of aromatic hydroxyl groups is 1. The Bertz CT molecular complexity index is 1530. The molecule has 0 fully saturated rings. The van der Waals surface area contributed by atoms with E-state index < -0.39 is 18.1 Å². The van der Waals surface area contributed by atoms with E-state index in [9.17, 15) is 14.7 Å². The van der Waals surface area contributed by atoms with Gasteiger partial charge in [0.25, 0.3) is 0 Å².